The Morgan fingerprint density at radius 3 is 2.41 bits per heavy atom. The molecule has 0 N–H and O–H groups in total. The number of para-hydroxylation sites is 1. The molecule has 0 radical (unpaired) electrons. The van der Waals surface area contributed by atoms with E-state index in [-0.39, 0.29) is 12.5 Å². The van der Waals surface area contributed by atoms with Crippen molar-refractivity contribution in [3.05, 3.63) is 59.2 Å². The van der Waals surface area contributed by atoms with Crippen molar-refractivity contribution < 1.29 is 19.1 Å². The molecule has 2 aromatic carbocycles. The molecule has 6 heteroatoms. The molecule has 1 aliphatic rings. The van der Waals surface area contributed by atoms with Gasteiger partial charge in [0.25, 0.3) is 5.91 Å². The van der Waals surface area contributed by atoms with Gasteiger partial charge in [0.2, 0.25) is 0 Å². The van der Waals surface area contributed by atoms with Crippen molar-refractivity contribution in [1.29, 1.82) is 0 Å². The third-order valence-corrected chi connectivity index (χ3v) is 5.28. The number of nitrogens with zero attached hydrogens (tertiary/aromatic N) is 2. The first-order valence-electron chi connectivity index (χ1n) is 9.99. The Balaban J connectivity index is 1.53. The monoisotopic (exact) mass is 396 g/mol. The van der Waals surface area contributed by atoms with Crippen LogP contribution in [0.1, 0.15) is 28.4 Å². The van der Waals surface area contributed by atoms with Crippen LogP contribution >= 0.6 is 0 Å². The van der Waals surface area contributed by atoms with Crippen LogP contribution in [0.4, 0.5) is 5.69 Å². The molecule has 0 bridgehead atoms. The third-order valence-electron chi connectivity index (χ3n) is 5.28. The Morgan fingerprint density at radius 2 is 1.69 bits per heavy atom. The molecule has 29 heavy (non-hydrogen) atoms. The minimum absolute atomic E-state index is 0.173. The minimum atomic E-state index is -0.545. The Hall–Kier alpha value is -3.02. The lowest BCUT2D eigenvalue weighted by Crippen LogP contribution is -2.50. The van der Waals surface area contributed by atoms with Gasteiger partial charge in [-0.15, -0.1) is 0 Å². The van der Waals surface area contributed by atoms with Crippen LogP contribution in [0.2, 0.25) is 0 Å². The van der Waals surface area contributed by atoms with E-state index in [1.54, 1.807) is 29.2 Å². The molecule has 0 spiro atoms. The van der Waals surface area contributed by atoms with Gasteiger partial charge in [0.05, 0.1) is 6.61 Å². The highest BCUT2D eigenvalue weighted by Crippen LogP contribution is 2.24. The lowest BCUT2D eigenvalue weighted by atomic mass is 10.1. The zero-order valence-corrected chi connectivity index (χ0v) is 17.3. The van der Waals surface area contributed by atoms with Crippen molar-refractivity contribution in [3.63, 3.8) is 0 Å². The fraction of sp³-hybridized carbons (Fsp3) is 0.391. The first kappa shape index (κ1) is 20.7. The van der Waals surface area contributed by atoms with Crippen molar-refractivity contribution in [1.82, 2.24) is 4.90 Å². The number of amides is 1. The number of carbonyl (C=O) groups is 2. The molecule has 1 heterocycles. The van der Waals surface area contributed by atoms with E-state index in [2.05, 4.69) is 36.9 Å². The molecular formula is C23H28N2O4. The van der Waals surface area contributed by atoms with Crippen LogP contribution in [0.25, 0.3) is 0 Å². The second-order valence-electron chi connectivity index (χ2n) is 7.09. The number of ether oxygens (including phenoxy) is 2. The fourth-order valence-electron chi connectivity index (χ4n) is 3.49. The summed E-state index contributed by atoms with van der Waals surface area (Å²) < 4.78 is 10.7. The van der Waals surface area contributed by atoms with Crippen molar-refractivity contribution in [2.24, 2.45) is 0 Å². The van der Waals surface area contributed by atoms with Gasteiger partial charge in [-0.3, -0.25) is 4.79 Å². The maximum absolute atomic E-state index is 12.5. The topological polar surface area (TPSA) is 59.1 Å². The zero-order chi connectivity index (χ0) is 20.8. The van der Waals surface area contributed by atoms with Gasteiger partial charge in [-0.1, -0.05) is 24.3 Å². The third kappa shape index (κ3) is 4.88. The van der Waals surface area contributed by atoms with Crippen LogP contribution in [-0.4, -0.2) is 56.2 Å². The van der Waals surface area contributed by atoms with Crippen LogP contribution in [-0.2, 0) is 9.53 Å². The van der Waals surface area contributed by atoms with Crippen molar-refractivity contribution in [3.8, 4) is 5.75 Å². The Morgan fingerprint density at radius 1 is 0.966 bits per heavy atom. The van der Waals surface area contributed by atoms with Crippen LogP contribution in [0, 0.1) is 13.8 Å². The number of hydrogen-bond acceptors (Lipinski definition) is 5. The van der Waals surface area contributed by atoms with Gasteiger partial charge in [-0.25, -0.2) is 4.79 Å². The first-order valence-corrected chi connectivity index (χ1v) is 9.99. The number of carbonyl (C=O) groups excluding carboxylic acids is 2. The highest BCUT2D eigenvalue weighted by Gasteiger charge is 2.24. The Bertz CT molecular complexity index is 873. The summed E-state index contributed by atoms with van der Waals surface area (Å²) in [5.41, 5.74) is 4.09. The normalized spacial score (nSPS) is 13.9. The quantitative estimate of drug-likeness (QED) is 0.702. The molecule has 1 fully saturated rings. The van der Waals surface area contributed by atoms with E-state index < -0.39 is 5.97 Å². The second kappa shape index (κ2) is 9.45. The van der Waals surface area contributed by atoms with Crippen LogP contribution in [0.15, 0.2) is 42.5 Å². The summed E-state index contributed by atoms with van der Waals surface area (Å²) >= 11 is 0. The number of benzene rings is 2. The average Bonchev–Trinajstić information content (AvgIpc) is 2.74. The van der Waals surface area contributed by atoms with E-state index in [1.165, 1.54) is 16.8 Å². The molecule has 0 aliphatic carbocycles. The van der Waals surface area contributed by atoms with E-state index >= 15 is 0 Å². The smallest absolute Gasteiger partial charge is 0.342 e. The average molecular weight is 396 g/mol. The zero-order valence-electron chi connectivity index (χ0n) is 17.3. The largest absolute Gasteiger partial charge is 0.493 e. The number of hydrogen-bond donors (Lipinski definition) is 0. The molecule has 1 amide bonds. The number of piperazine rings is 1. The standard InChI is InChI=1S/C23H28N2O4/c1-4-28-21-11-6-5-9-19(21)23(27)29-16-22(26)25-14-12-24(13-15-25)20-10-7-8-17(2)18(20)3/h5-11H,4,12-16H2,1-3H3. The molecule has 3 rings (SSSR count). The van der Waals surface area contributed by atoms with E-state index in [0.29, 0.717) is 31.0 Å². The molecule has 2 aromatic rings. The van der Waals surface area contributed by atoms with E-state index in [0.717, 1.165) is 13.1 Å². The van der Waals surface area contributed by atoms with Gasteiger partial charge in [0.1, 0.15) is 11.3 Å². The first-order chi connectivity index (χ1) is 14.0. The van der Waals surface area contributed by atoms with Gasteiger partial charge in [-0.05, 0) is 50.1 Å². The van der Waals surface area contributed by atoms with Crippen molar-refractivity contribution in [2.45, 2.75) is 20.8 Å². The molecule has 0 saturated carbocycles. The van der Waals surface area contributed by atoms with Gasteiger partial charge in [-0.2, -0.15) is 0 Å². The highest BCUT2D eigenvalue weighted by atomic mass is 16.5. The predicted molar refractivity (Wildman–Crippen MR) is 113 cm³/mol. The lowest BCUT2D eigenvalue weighted by molar-refractivity contribution is -0.134. The van der Waals surface area contributed by atoms with Gasteiger partial charge >= 0.3 is 5.97 Å². The van der Waals surface area contributed by atoms with E-state index in [9.17, 15) is 9.59 Å². The summed E-state index contributed by atoms with van der Waals surface area (Å²) in [6, 6.07) is 13.2. The van der Waals surface area contributed by atoms with Crippen molar-refractivity contribution >= 4 is 17.6 Å². The maximum Gasteiger partial charge on any atom is 0.342 e. The highest BCUT2D eigenvalue weighted by molar-refractivity contribution is 5.94. The molecule has 6 nitrogen and oxygen atoms in total. The minimum Gasteiger partial charge on any atom is -0.493 e. The summed E-state index contributed by atoms with van der Waals surface area (Å²) in [6.45, 7) is 9.02. The van der Waals surface area contributed by atoms with Crippen LogP contribution in [0.3, 0.4) is 0 Å². The summed E-state index contributed by atoms with van der Waals surface area (Å²) in [5.74, 6) is -0.251. The molecule has 154 valence electrons. The fourth-order valence-corrected chi connectivity index (χ4v) is 3.49. The summed E-state index contributed by atoms with van der Waals surface area (Å²) in [4.78, 5) is 28.9. The van der Waals surface area contributed by atoms with E-state index in [1.807, 2.05) is 6.92 Å². The molecule has 1 saturated heterocycles. The Labute approximate surface area is 172 Å². The molecule has 1 aliphatic heterocycles. The lowest BCUT2D eigenvalue weighted by Gasteiger charge is -2.37. The number of aryl methyl sites for hydroxylation is 1. The molecule has 0 unspecified atom stereocenters. The number of esters is 1. The van der Waals surface area contributed by atoms with Crippen molar-refractivity contribution in [2.75, 3.05) is 44.3 Å². The van der Waals surface area contributed by atoms with E-state index in [4.69, 9.17) is 9.47 Å². The SMILES string of the molecule is CCOc1ccccc1C(=O)OCC(=O)N1CCN(c2cccc(C)c2C)CC1. The van der Waals surface area contributed by atoms with Gasteiger partial charge in [0.15, 0.2) is 6.61 Å². The second-order valence-corrected chi connectivity index (χ2v) is 7.09. The van der Waals surface area contributed by atoms with Crippen LogP contribution < -0.4 is 9.64 Å². The molecule has 0 atom stereocenters. The van der Waals surface area contributed by atoms with Gasteiger partial charge in [0, 0.05) is 31.9 Å². The molecule has 0 aromatic heterocycles. The summed E-state index contributed by atoms with van der Waals surface area (Å²) in [6.07, 6.45) is 0. The predicted octanol–water partition coefficient (Wildman–Crippen LogP) is 3.21. The number of anilines is 1. The summed E-state index contributed by atoms with van der Waals surface area (Å²) in [7, 11) is 0. The Kier molecular flexibility index (Phi) is 6.75. The summed E-state index contributed by atoms with van der Waals surface area (Å²) in [5, 5.41) is 0. The van der Waals surface area contributed by atoms with Crippen LogP contribution in [0.5, 0.6) is 5.75 Å². The number of rotatable bonds is 6. The van der Waals surface area contributed by atoms with Gasteiger partial charge < -0.3 is 19.3 Å². The molecular weight excluding hydrogens is 368 g/mol. The maximum atomic E-state index is 12.5.